The Hall–Kier alpha value is -1.33. The van der Waals surface area contributed by atoms with Gasteiger partial charge in [-0.05, 0) is 26.3 Å². The van der Waals surface area contributed by atoms with Gasteiger partial charge in [-0.3, -0.25) is 4.90 Å². The van der Waals surface area contributed by atoms with Gasteiger partial charge in [0.25, 0.3) is 0 Å². The summed E-state index contributed by atoms with van der Waals surface area (Å²) in [6.07, 6.45) is 2.46. The van der Waals surface area contributed by atoms with Crippen molar-refractivity contribution >= 4 is 20.8 Å². The Bertz CT molecular complexity index is 746. The van der Waals surface area contributed by atoms with Crippen molar-refractivity contribution in [2.75, 3.05) is 18.8 Å². The number of furan rings is 1. The van der Waals surface area contributed by atoms with Crippen molar-refractivity contribution in [1.29, 1.82) is 0 Å². The molecule has 2 heterocycles. The van der Waals surface area contributed by atoms with Crippen molar-refractivity contribution < 1.29 is 12.8 Å². The maximum atomic E-state index is 12.2. The monoisotopic (exact) mass is 307 g/mol. The highest BCUT2D eigenvalue weighted by Gasteiger charge is 2.36. The van der Waals surface area contributed by atoms with Crippen LogP contribution in [-0.2, 0) is 16.4 Å². The van der Waals surface area contributed by atoms with Gasteiger partial charge in [-0.1, -0.05) is 18.2 Å². The van der Waals surface area contributed by atoms with Crippen LogP contribution in [0.4, 0.5) is 0 Å². The highest BCUT2D eigenvalue weighted by Crippen LogP contribution is 2.27. The fourth-order valence-corrected chi connectivity index (χ4v) is 4.23. The van der Waals surface area contributed by atoms with Crippen molar-refractivity contribution in [3.8, 4) is 0 Å². The molecular weight excluding hydrogens is 286 g/mol. The molecular formula is C16H21NO3S. The summed E-state index contributed by atoms with van der Waals surface area (Å²) in [6.45, 7) is 5.79. The van der Waals surface area contributed by atoms with Gasteiger partial charge in [0.2, 0.25) is 0 Å². The van der Waals surface area contributed by atoms with E-state index in [9.17, 15) is 8.42 Å². The Kier molecular flexibility index (Phi) is 3.58. The number of sulfone groups is 1. The molecule has 1 saturated heterocycles. The van der Waals surface area contributed by atoms with Crippen LogP contribution in [-0.4, -0.2) is 36.9 Å². The molecule has 1 fully saturated rings. The molecule has 4 nitrogen and oxygen atoms in total. The van der Waals surface area contributed by atoms with Crippen molar-refractivity contribution in [2.45, 2.75) is 31.6 Å². The number of rotatable bonds is 2. The van der Waals surface area contributed by atoms with Gasteiger partial charge in [0.1, 0.15) is 5.58 Å². The van der Waals surface area contributed by atoms with Crippen molar-refractivity contribution in [3.05, 3.63) is 36.1 Å². The number of para-hydroxylation sites is 1. The molecule has 0 radical (unpaired) electrons. The highest BCUT2D eigenvalue weighted by atomic mass is 32.2. The topological polar surface area (TPSA) is 50.5 Å². The predicted octanol–water partition coefficient (Wildman–Crippen LogP) is 2.83. The number of fused-ring (bicyclic) bond motifs is 1. The minimum Gasteiger partial charge on any atom is -0.464 e. The van der Waals surface area contributed by atoms with Gasteiger partial charge in [-0.2, -0.15) is 0 Å². The lowest BCUT2D eigenvalue weighted by Gasteiger charge is -2.22. The van der Waals surface area contributed by atoms with Crippen LogP contribution in [0.3, 0.4) is 0 Å². The van der Waals surface area contributed by atoms with E-state index in [-0.39, 0.29) is 5.75 Å². The van der Waals surface area contributed by atoms with E-state index < -0.39 is 14.6 Å². The van der Waals surface area contributed by atoms with E-state index in [4.69, 9.17) is 4.42 Å². The van der Waals surface area contributed by atoms with Gasteiger partial charge in [0.05, 0.1) is 16.8 Å². The molecule has 1 aromatic carbocycles. The Morgan fingerprint density at radius 2 is 2.00 bits per heavy atom. The van der Waals surface area contributed by atoms with E-state index in [1.165, 1.54) is 0 Å². The first-order chi connectivity index (χ1) is 9.89. The molecule has 1 aliphatic heterocycles. The zero-order valence-corrected chi connectivity index (χ0v) is 13.3. The van der Waals surface area contributed by atoms with Crippen LogP contribution in [0, 0.1) is 0 Å². The molecule has 0 amide bonds. The fraction of sp³-hybridized carbons (Fsp3) is 0.500. The molecule has 0 spiro atoms. The van der Waals surface area contributed by atoms with E-state index in [1.54, 1.807) is 6.26 Å². The summed E-state index contributed by atoms with van der Waals surface area (Å²) in [5, 5.41) is 1.11. The van der Waals surface area contributed by atoms with E-state index in [0.29, 0.717) is 13.0 Å². The normalized spacial score (nSPS) is 22.2. The minimum atomic E-state index is -3.02. The smallest absolute Gasteiger partial charge is 0.156 e. The van der Waals surface area contributed by atoms with Gasteiger partial charge >= 0.3 is 0 Å². The van der Waals surface area contributed by atoms with Crippen LogP contribution in [0.25, 0.3) is 11.0 Å². The predicted molar refractivity (Wildman–Crippen MR) is 84.0 cm³/mol. The van der Waals surface area contributed by atoms with Gasteiger partial charge in [0, 0.05) is 30.6 Å². The summed E-state index contributed by atoms with van der Waals surface area (Å²) in [5.74, 6) is 0.232. The summed E-state index contributed by atoms with van der Waals surface area (Å²) < 4.78 is 29.4. The van der Waals surface area contributed by atoms with Crippen LogP contribution in [0.1, 0.15) is 25.8 Å². The number of hydrogen-bond acceptors (Lipinski definition) is 4. The van der Waals surface area contributed by atoms with Crippen LogP contribution >= 0.6 is 0 Å². The third kappa shape index (κ3) is 2.72. The Morgan fingerprint density at radius 1 is 1.24 bits per heavy atom. The number of benzene rings is 1. The molecule has 0 atom stereocenters. The third-order valence-electron chi connectivity index (χ3n) is 4.50. The second-order valence-electron chi connectivity index (χ2n) is 6.36. The summed E-state index contributed by atoms with van der Waals surface area (Å²) in [7, 11) is -3.02. The lowest BCUT2D eigenvalue weighted by molar-refractivity contribution is 0.276. The van der Waals surface area contributed by atoms with Crippen LogP contribution < -0.4 is 0 Å². The summed E-state index contributed by atoms with van der Waals surface area (Å²) in [5.41, 5.74) is 2.01. The average Bonchev–Trinajstić information content (AvgIpc) is 2.80. The van der Waals surface area contributed by atoms with E-state index in [1.807, 2.05) is 38.1 Å². The zero-order valence-electron chi connectivity index (χ0n) is 12.5. The first-order valence-electron chi connectivity index (χ1n) is 7.29. The molecule has 3 rings (SSSR count). The van der Waals surface area contributed by atoms with Crippen molar-refractivity contribution in [3.63, 3.8) is 0 Å². The molecule has 1 aromatic heterocycles. The van der Waals surface area contributed by atoms with Gasteiger partial charge in [0.15, 0.2) is 9.84 Å². The SMILES string of the molecule is CC1(C)CCN(Cc2coc3ccccc23)CCS1(=O)=O. The van der Waals surface area contributed by atoms with Crippen molar-refractivity contribution in [1.82, 2.24) is 4.90 Å². The Balaban J connectivity index is 1.80. The first kappa shape index (κ1) is 14.6. The zero-order chi connectivity index (χ0) is 15.1. The molecule has 0 aliphatic carbocycles. The highest BCUT2D eigenvalue weighted by molar-refractivity contribution is 7.92. The van der Waals surface area contributed by atoms with Crippen LogP contribution in [0.2, 0.25) is 0 Å². The van der Waals surface area contributed by atoms with Crippen LogP contribution in [0.15, 0.2) is 34.9 Å². The molecule has 0 N–H and O–H groups in total. The Morgan fingerprint density at radius 3 is 2.81 bits per heavy atom. The molecule has 2 aromatic rings. The van der Waals surface area contributed by atoms with E-state index in [2.05, 4.69) is 4.90 Å². The number of hydrogen-bond donors (Lipinski definition) is 0. The second kappa shape index (κ2) is 5.14. The fourth-order valence-electron chi connectivity index (χ4n) is 2.77. The molecule has 0 saturated carbocycles. The minimum absolute atomic E-state index is 0.232. The molecule has 114 valence electrons. The summed E-state index contributed by atoms with van der Waals surface area (Å²) in [6, 6.07) is 7.95. The average molecular weight is 307 g/mol. The van der Waals surface area contributed by atoms with Gasteiger partial charge < -0.3 is 4.42 Å². The maximum Gasteiger partial charge on any atom is 0.156 e. The van der Waals surface area contributed by atoms with Gasteiger partial charge in [-0.25, -0.2) is 8.42 Å². The molecule has 21 heavy (non-hydrogen) atoms. The van der Waals surface area contributed by atoms with Crippen molar-refractivity contribution in [2.24, 2.45) is 0 Å². The quantitative estimate of drug-likeness (QED) is 0.856. The summed E-state index contributed by atoms with van der Waals surface area (Å²) >= 11 is 0. The van der Waals surface area contributed by atoms with E-state index in [0.717, 1.165) is 29.6 Å². The van der Waals surface area contributed by atoms with E-state index >= 15 is 0 Å². The second-order valence-corrected chi connectivity index (χ2v) is 9.10. The molecule has 1 aliphatic rings. The maximum absolute atomic E-state index is 12.2. The van der Waals surface area contributed by atoms with Crippen LogP contribution in [0.5, 0.6) is 0 Å². The van der Waals surface area contributed by atoms with Gasteiger partial charge in [-0.15, -0.1) is 0 Å². The standard InChI is InChI=1S/C16H21NO3S/c1-16(2)7-8-17(9-10-21(16,18)19)11-13-12-20-15-6-4-3-5-14(13)15/h3-6,12H,7-11H2,1-2H3. The third-order valence-corrected chi connectivity index (χ3v) is 7.11. The molecule has 5 heteroatoms. The summed E-state index contributed by atoms with van der Waals surface area (Å²) in [4.78, 5) is 2.21. The molecule has 0 bridgehead atoms. The largest absolute Gasteiger partial charge is 0.464 e. The lowest BCUT2D eigenvalue weighted by Crippen LogP contribution is -2.33. The first-order valence-corrected chi connectivity index (χ1v) is 8.94. The Labute approximate surface area is 125 Å². The molecule has 0 unspecified atom stereocenters. The lowest BCUT2D eigenvalue weighted by atomic mass is 10.1. The number of nitrogens with zero attached hydrogens (tertiary/aromatic N) is 1.